The zero-order chi connectivity index (χ0) is 14.4. The molecule has 0 aromatic carbocycles. The molecule has 108 valence electrons. The van der Waals surface area contributed by atoms with Crippen LogP contribution in [0.5, 0.6) is 0 Å². The van der Waals surface area contributed by atoms with Crippen LogP contribution in [0.25, 0.3) is 11.3 Å². The Hall–Kier alpha value is -2.21. The topological polar surface area (TPSA) is 60.3 Å². The van der Waals surface area contributed by atoms with Gasteiger partial charge in [0.25, 0.3) is 5.56 Å². The molecule has 4 heterocycles. The summed E-state index contributed by atoms with van der Waals surface area (Å²) in [7, 11) is 1.83. The zero-order valence-electron chi connectivity index (χ0n) is 11.8. The van der Waals surface area contributed by atoms with Crippen molar-refractivity contribution in [3.05, 3.63) is 40.6 Å². The van der Waals surface area contributed by atoms with Gasteiger partial charge in [-0.15, -0.1) is 0 Å². The first-order valence-electron chi connectivity index (χ1n) is 7.12. The number of pyridine rings is 1. The van der Waals surface area contributed by atoms with Crippen molar-refractivity contribution in [1.82, 2.24) is 14.5 Å². The fourth-order valence-electron chi connectivity index (χ4n) is 3.25. The molecule has 0 spiro atoms. The lowest BCUT2D eigenvalue weighted by Crippen LogP contribution is -2.45. The fourth-order valence-corrected chi connectivity index (χ4v) is 3.25. The number of hydrogen-bond donors (Lipinski definition) is 0. The Kier molecular flexibility index (Phi) is 2.78. The predicted octanol–water partition coefficient (Wildman–Crippen LogP) is 1.12. The molecule has 21 heavy (non-hydrogen) atoms. The van der Waals surface area contributed by atoms with Crippen LogP contribution in [-0.4, -0.2) is 34.3 Å². The van der Waals surface area contributed by atoms with E-state index in [0.29, 0.717) is 6.61 Å². The number of hydrogen-bond acceptors (Lipinski definition) is 5. The predicted molar refractivity (Wildman–Crippen MR) is 78.2 cm³/mol. The molecule has 0 radical (unpaired) electrons. The van der Waals surface area contributed by atoms with Crippen LogP contribution in [0.1, 0.15) is 18.0 Å². The second-order valence-corrected chi connectivity index (χ2v) is 5.42. The minimum absolute atomic E-state index is 0.00835. The first-order valence-corrected chi connectivity index (χ1v) is 7.12. The van der Waals surface area contributed by atoms with Gasteiger partial charge in [0.2, 0.25) is 0 Å². The Balaban J connectivity index is 1.93. The van der Waals surface area contributed by atoms with E-state index in [1.807, 2.05) is 13.1 Å². The lowest BCUT2D eigenvalue weighted by molar-refractivity contribution is 0.131. The first kappa shape index (κ1) is 12.5. The van der Waals surface area contributed by atoms with E-state index < -0.39 is 0 Å². The summed E-state index contributed by atoms with van der Waals surface area (Å²) < 4.78 is 7.41. The summed E-state index contributed by atoms with van der Waals surface area (Å²) in [5, 5.41) is 0. The van der Waals surface area contributed by atoms with Gasteiger partial charge in [-0.3, -0.25) is 9.36 Å². The molecule has 0 bridgehead atoms. The summed E-state index contributed by atoms with van der Waals surface area (Å²) in [6.45, 7) is 2.37. The number of fused-ring (bicyclic) bond motifs is 4. The minimum Gasteiger partial charge on any atom is -0.379 e. The largest absolute Gasteiger partial charge is 0.379 e. The van der Waals surface area contributed by atoms with E-state index in [1.54, 1.807) is 16.8 Å². The van der Waals surface area contributed by atoms with Gasteiger partial charge < -0.3 is 9.64 Å². The van der Waals surface area contributed by atoms with Crippen LogP contribution in [0.15, 0.2) is 29.5 Å². The van der Waals surface area contributed by atoms with Crippen LogP contribution in [0.2, 0.25) is 0 Å². The molecule has 1 unspecified atom stereocenters. The monoisotopic (exact) mass is 284 g/mol. The molecular weight excluding hydrogens is 268 g/mol. The molecule has 1 atom stereocenters. The van der Waals surface area contributed by atoms with Gasteiger partial charge in [-0.2, -0.15) is 0 Å². The van der Waals surface area contributed by atoms with Crippen LogP contribution >= 0.6 is 0 Å². The van der Waals surface area contributed by atoms with Gasteiger partial charge in [0, 0.05) is 43.6 Å². The van der Waals surface area contributed by atoms with Crippen molar-refractivity contribution in [1.29, 1.82) is 0 Å². The molecule has 6 heteroatoms. The van der Waals surface area contributed by atoms with E-state index in [4.69, 9.17) is 4.74 Å². The summed E-state index contributed by atoms with van der Waals surface area (Å²) in [6.07, 6.45) is 4.20. The lowest BCUT2D eigenvalue weighted by atomic mass is 9.90. The van der Waals surface area contributed by atoms with E-state index in [9.17, 15) is 4.79 Å². The van der Waals surface area contributed by atoms with Crippen molar-refractivity contribution in [2.75, 3.05) is 24.7 Å². The van der Waals surface area contributed by atoms with Gasteiger partial charge in [-0.25, -0.2) is 9.97 Å². The second-order valence-electron chi connectivity index (χ2n) is 5.42. The highest BCUT2D eigenvalue weighted by Crippen LogP contribution is 2.47. The van der Waals surface area contributed by atoms with Crippen LogP contribution in [0.3, 0.4) is 0 Å². The molecule has 4 rings (SSSR count). The molecule has 0 N–H and O–H groups in total. The minimum atomic E-state index is -0.00835. The standard InChI is InChI=1S/C15H16N4O2/c1-18-13(20)7-10(11-3-4-16-9-17-11)14-12-8-21-6-2-5-19(12)15(14)18/h3-4,7,9,12H,2,5-6,8H2,1H3. The van der Waals surface area contributed by atoms with Crippen LogP contribution in [-0.2, 0) is 11.8 Å². The maximum atomic E-state index is 12.2. The van der Waals surface area contributed by atoms with Crippen molar-refractivity contribution >= 4 is 5.82 Å². The molecule has 0 saturated carbocycles. The average Bonchev–Trinajstić information content (AvgIpc) is 2.70. The fraction of sp³-hybridized carbons (Fsp3) is 0.400. The molecule has 1 fully saturated rings. The van der Waals surface area contributed by atoms with Gasteiger partial charge in [-0.1, -0.05) is 0 Å². The van der Waals surface area contributed by atoms with E-state index in [0.717, 1.165) is 42.2 Å². The molecule has 1 saturated heterocycles. The van der Waals surface area contributed by atoms with E-state index in [1.165, 1.54) is 6.33 Å². The molecular formula is C15H16N4O2. The van der Waals surface area contributed by atoms with Gasteiger partial charge >= 0.3 is 0 Å². The third-order valence-electron chi connectivity index (χ3n) is 4.25. The lowest BCUT2D eigenvalue weighted by Gasteiger charge is -2.45. The second kappa shape index (κ2) is 4.66. The summed E-state index contributed by atoms with van der Waals surface area (Å²) in [6, 6.07) is 3.73. The van der Waals surface area contributed by atoms with Crippen LogP contribution in [0, 0.1) is 0 Å². The highest BCUT2D eigenvalue weighted by atomic mass is 16.5. The number of anilines is 1. The normalized spacial score (nSPS) is 20.2. The Labute approximate surface area is 122 Å². The summed E-state index contributed by atoms with van der Waals surface area (Å²) in [4.78, 5) is 22.8. The highest BCUT2D eigenvalue weighted by Gasteiger charge is 2.40. The van der Waals surface area contributed by atoms with Crippen molar-refractivity contribution in [2.24, 2.45) is 7.05 Å². The summed E-state index contributed by atoms with van der Waals surface area (Å²) in [5.74, 6) is 1.01. The van der Waals surface area contributed by atoms with Crippen molar-refractivity contribution < 1.29 is 4.74 Å². The zero-order valence-corrected chi connectivity index (χ0v) is 11.8. The van der Waals surface area contributed by atoms with Gasteiger partial charge in [-0.05, 0) is 12.5 Å². The number of nitrogens with zero attached hydrogens (tertiary/aromatic N) is 4. The summed E-state index contributed by atoms with van der Waals surface area (Å²) in [5.41, 5.74) is 2.86. The Morgan fingerprint density at radius 2 is 2.33 bits per heavy atom. The van der Waals surface area contributed by atoms with E-state index >= 15 is 0 Å². The smallest absolute Gasteiger partial charge is 0.252 e. The van der Waals surface area contributed by atoms with Crippen molar-refractivity contribution in [3.8, 4) is 11.3 Å². The van der Waals surface area contributed by atoms with Gasteiger partial charge in [0.15, 0.2) is 0 Å². The quantitative estimate of drug-likeness (QED) is 0.785. The first-order chi connectivity index (χ1) is 10.3. The van der Waals surface area contributed by atoms with Crippen molar-refractivity contribution in [3.63, 3.8) is 0 Å². The maximum absolute atomic E-state index is 12.2. The van der Waals surface area contributed by atoms with Gasteiger partial charge in [0.05, 0.1) is 18.3 Å². The molecule has 2 aliphatic heterocycles. The maximum Gasteiger partial charge on any atom is 0.252 e. The van der Waals surface area contributed by atoms with Crippen LogP contribution in [0.4, 0.5) is 5.82 Å². The number of rotatable bonds is 1. The third kappa shape index (κ3) is 1.79. The molecule has 0 amide bonds. The molecule has 2 aliphatic rings. The summed E-state index contributed by atoms with van der Waals surface area (Å²) >= 11 is 0. The van der Waals surface area contributed by atoms with Crippen molar-refractivity contribution in [2.45, 2.75) is 12.5 Å². The van der Waals surface area contributed by atoms with Crippen LogP contribution < -0.4 is 10.5 Å². The average molecular weight is 284 g/mol. The number of ether oxygens (including phenoxy) is 1. The molecule has 6 nitrogen and oxygen atoms in total. The Bertz CT molecular complexity index is 741. The third-order valence-corrected chi connectivity index (χ3v) is 4.25. The van der Waals surface area contributed by atoms with E-state index in [-0.39, 0.29) is 11.6 Å². The Morgan fingerprint density at radius 1 is 1.43 bits per heavy atom. The SMILES string of the molecule is Cn1c2c(c(-c3ccncn3)cc1=O)C1COCCCN21. The van der Waals surface area contributed by atoms with E-state index in [2.05, 4.69) is 14.9 Å². The molecule has 2 aromatic rings. The molecule has 0 aliphatic carbocycles. The highest BCUT2D eigenvalue weighted by molar-refractivity contribution is 5.77. The van der Waals surface area contributed by atoms with Gasteiger partial charge in [0.1, 0.15) is 12.1 Å². The molecule has 2 aromatic heterocycles. The Morgan fingerprint density at radius 3 is 3.14 bits per heavy atom. The number of aromatic nitrogens is 3.